The highest BCUT2D eigenvalue weighted by atomic mass is 16.5. The lowest BCUT2D eigenvalue weighted by molar-refractivity contribution is -0.113. The van der Waals surface area contributed by atoms with E-state index in [1.165, 1.54) is 12.8 Å². The summed E-state index contributed by atoms with van der Waals surface area (Å²) in [5, 5.41) is 4.11. The Morgan fingerprint density at radius 2 is 2.31 bits per heavy atom. The van der Waals surface area contributed by atoms with Crippen LogP contribution in [-0.2, 0) is 11.2 Å². The fourth-order valence-electron chi connectivity index (χ4n) is 2.33. The maximum Gasteiger partial charge on any atom is 0.163 e. The molecule has 16 heavy (non-hydrogen) atoms. The van der Waals surface area contributed by atoms with Gasteiger partial charge in [0.1, 0.15) is 5.76 Å². The van der Waals surface area contributed by atoms with Gasteiger partial charge in [0.25, 0.3) is 0 Å². The predicted molar refractivity (Wildman–Crippen MR) is 60.1 cm³/mol. The summed E-state index contributed by atoms with van der Waals surface area (Å²) in [5.41, 5.74) is 2.83. The van der Waals surface area contributed by atoms with Gasteiger partial charge in [-0.05, 0) is 25.7 Å². The van der Waals surface area contributed by atoms with Crippen LogP contribution in [0.4, 0.5) is 0 Å². The van der Waals surface area contributed by atoms with Crippen LogP contribution in [-0.4, -0.2) is 10.9 Å². The second-order valence-corrected chi connectivity index (χ2v) is 4.58. The molecule has 1 heterocycles. The third-order valence-corrected chi connectivity index (χ3v) is 3.36. The first kappa shape index (κ1) is 9.82. The van der Waals surface area contributed by atoms with Crippen LogP contribution in [0.25, 0.3) is 5.57 Å². The van der Waals surface area contributed by atoms with Gasteiger partial charge in [-0.2, -0.15) is 0 Å². The van der Waals surface area contributed by atoms with Gasteiger partial charge in [0.05, 0.1) is 11.3 Å². The van der Waals surface area contributed by atoms with Crippen LogP contribution < -0.4 is 0 Å². The van der Waals surface area contributed by atoms with Crippen molar-refractivity contribution in [2.24, 2.45) is 0 Å². The van der Waals surface area contributed by atoms with Gasteiger partial charge < -0.3 is 4.52 Å². The summed E-state index contributed by atoms with van der Waals surface area (Å²) in [6.45, 7) is 2.05. The van der Waals surface area contributed by atoms with Crippen LogP contribution >= 0.6 is 0 Å². The summed E-state index contributed by atoms with van der Waals surface area (Å²) in [6, 6.07) is 0. The maximum absolute atomic E-state index is 11.8. The maximum atomic E-state index is 11.8. The smallest absolute Gasteiger partial charge is 0.163 e. The van der Waals surface area contributed by atoms with Gasteiger partial charge in [0.2, 0.25) is 0 Å². The van der Waals surface area contributed by atoms with Crippen molar-refractivity contribution in [2.45, 2.75) is 44.9 Å². The van der Waals surface area contributed by atoms with E-state index in [1.807, 2.05) is 6.08 Å². The summed E-state index contributed by atoms with van der Waals surface area (Å²) in [6.07, 6.45) is 6.73. The van der Waals surface area contributed by atoms with Gasteiger partial charge in [-0.15, -0.1) is 0 Å². The highest BCUT2D eigenvalue weighted by molar-refractivity contribution is 6.23. The van der Waals surface area contributed by atoms with Crippen LogP contribution in [0.5, 0.6) is 0 Å². The Morgan fingerprint density at radius 1 is 1.50 bits per heavy atom. The number of allylic oxidation sites excluding steroid dienone is 2. The number of carbonyl (C=O) groups is 1. The van der Waals surface area contributed by atoms with Crippen molar-refractivity contribution in [1.29, 1.82) is 0 Å². The van der Waals surface area contributed by atoms with Crippen molar-refractivity contribution >= 4 is 11.4 Å². The zero-order chi connectivity index (χ0) is 11.1. The molecule has 0 atom stereocenters. The zero-order valence-electron chi connectivity index (χ0n) is 9.45. The predicted octanol–water partition coefficient (Wildman–Crippen LogP) is 2.86. The molecule has 1 aromatic rings. The number of hydrogen-bond acceptors (Lipinski definition) is 3. The SMILES string of the molecule is CCc1noc(C2CC2)c1C1=CCCC1=O. The second kappa shape index (κ2) is 3.58. The third-order valence-electron chi connectivity index (χ3n) is 3.36. The Bertz CT molecular complexity index is 466. The van der Waals surface area contributed by atoms with Gasteiger partial charge in [-0.3, -0.25) is 4.79 Å². The van der Waals surface area contributed by atoms with E-state index in [1.54, 1.807) is 0 Å². The van der Waals surface area contributed by atoms with Crippen LogP contribution in [0, 0.1) is 0 Å². The van der Waals surface area contributed by atoms with Crippen molar-refractivity contribution < 1.29 is 9.32 Å². The molecule has 0 radical (unpaired) electrons. The zero-order valence-corrected chi connectivity index (χ0v) is 9.45. The minimum atomic E-state index is 0.250. The van der Waals surface area contributed by atoms with Crippen molar-refractivity contribution in [2.75, 3.05) is 0 Å². The molecule has 0 saturated heterocycles. The molecular weight excluding hydrogens is 202 g/mol. The van der Waals surface area contributed by atoms with E-state index < -0.39 is 0 Å². The molecule has 3 nitrogen and oxygen atoms in total. The Kier molecular flexibility index (Phi) is 2.20. The number of carbonyl (C=O) groups excluding carboxylic acids is 1. The standard InChI is InChI=1S/C13H15NO2/c1-2-10-12(9-4-3-5-11(9)15)13(16-14-10)8-6-7-8/h4,8H,2-3,5-7H2,1H3. The van der Waals surface area contributed by atoms with Crippen molar-refractivity contribution in [3.05, 3.63) is 23.1 Å². The van der Waals surface area contributed by atoms with Crippen LogP contribution in [0.15, 0.2) is 10.6 Å². The average molecular weight is 217 g/mol. The first-order valence-corrected chi connectivity index (χ1v) is 6.03. The minimum Gasteiger partial charge on any atom is -0.360 e. The summed E-state index contributed by atoms with van der Waals surface area (Å²) < 4.78 is 5.43. The van der Waals surface area contributed by atoms with E-state index in [2.05, 4.69) is 12.1 Å². The molecule has 0 spiro atoms. The van der Waals surface area contributed by atoms with E-state index in [-0.39, 0.29) is 5.78 Å². The first-order valence-electron chi connectivity index (χ1n) is 6.03. The molecule has 84 valence electrons. The number of ketones is 1. The molecule has 1 saturated carbocycles. The summed E-state index contributed by atoms with van der Waals surface area (Å²) in [7, 11) is 0. The molecule has 3 rings (SSSR count). The van der Waals surface area contributed by atoms with Gasteiger partial charge in [0, 0.05) is 17.9 Å². The van der Waals surface area contributed by atoms with E-state index in [0.29, 0.717) is 12.3 Å². The molecule has 2 aliphatic rings. The normalized spacial score (nSPS) is 20.3. The largest absolute Gasteiger partial charge is 0.360 e. The Hall–Kier alpha value is -1.38. The second-order valence-electron chi connectivity index (χ2n) is 4.58. The molecule has 1 fully saturated rings. The Labute approximate surface area is 94.5 Å². The van der Waals surface area contributed by atoms with Crippen molar-refractivity contribution in [3.63, 3.8) is 0 Å². The third kappa shape index (κ3) is 1.42. The summed E-state index contributed by atoms with van der Waals surface area (Å²) >= 11 is 0. The Morgan fingerprint density at radius 3 is 2.88 bits per heavy atom. The number of rotatable bonds is 3. The van der Waals surface area contributed by atoms with E-state index >= 15 is 0 Å². The Balaban J connectivity index is 2.09. The van der Waals surface area contributed by atoms with Gasteiger partial charge in [-0.1, -0.05) is 18.2 Å². The molecule has 2 aliphatic carbocycles. The lowest BCUT2D eigenvalue weighted by atomic mass is 9.99. The lowest BCUT2D eigenvalue weighted by Crippen LogP contribution is -1.99. The van der Waals surface area contributed by atoms with Crippen LogP contribution in [0.3, 0.4) is 0 Å². The van der Waals surface area contributed by atoms with Gasteiger partial charge in [0.15, 0.2) is 5.78 Å². The molecule has 0 N–H and O–H groups in total. The summed E-state index contributed by atoms with van der Waals surface area (Å²) in [5.74, 6) is 1.72. The highest BCUT2D eigenvalue weighted by Gasteiger charge is 2.35. The number of Topliss-reactive ketones (excluding diaryl/α,β-unsaturated/α-hetero) is 1. The number of nitrogens with zero attached hydrogens (tertiary/aromatic N) is 1. The monoisotopic (exact) mass is 217 g/mol. The molecule has 0 bridgehead atoms. The number of aryl methyl sites for hydroxylation is 1. The molecule has 1 aromatic heterocycles. The van der Waals surface area contributed by atoms with Gasteiger partial charge >= 0.3 is 0 Å². The topological polar surface area (TPSA) is 43.1 Å². The molecule has 3 heteroatoms. The number of hydrogen-bond donors (Lipinski definition) is 0. The van der Waals surface area contributed by atoms with E-state index in [4.69, 9.17) is 4.52 Å². The van der Waals surface area contributed by atoms with Crippen LogP contribution in [0.2, 0.25) is 0 Å². The molecule has 0 amide bonds. The van der Waals surface area contributed by atoms with E-state index in [9.17, 15) is 4.79 Å². The van der Waals surface area contributed by atoms with Gasteiger partial charge in [-0.25, -0.2) is 0 Å². The lowest BCUT2D eigenvalue weighted by Gasteiger charge is -2.02. The van der Waals surface area contributed by atoms with Crippen LogP contribution in [0.1, 0.15) is 55.5 Å². The number of aromatic nitrogens is 1. The fourth-order valence-corrected chi connectivity index (χ4v) is 2.33. The molecule has 0 aromatic carbocycles. The van der Waals surface area contributed by atoms with E-state index in [0.717, 1.165) is 35.4 Å². The minimum absolute atomic E-state index is 0.250. The molecular formula is C13H15NO2. The molecule has 0 unspecified atom stereocenters. The molecule has 0 aliphatic heterocycles. The van der Waals surface area contributed by atoms with Crippen molar-refractivity contribution in [1.82, 2.24) is 5.16 Å². The fraction of sp³-hybridized carbons (Fsp3) is 0.538. The average Bonchev–Trinajstić information content (AvgIpc) is 2.91. The first-order chi connectivity index (χ1) is 7.81. The summed E-state index contributed by atoms with van der Waals surface area (Å²) in [4.78, 5) is 11.8. The quantitative estimate of drug-likeness (QED) is 0.781. The highest BCUT2D eigenvalue weighted by Crippen LogP contribution is 2.45. The van der Waals surface area contributed by atoms with Crippen molar-refractivity contribution in [3.8, 4) is 0 Å².